The van der Waals surface area contributed by atoms with Gasteiger partial charge in [-0.15, -0.1) is 0 Å². The van der Waals surface area contributed by atoms with Gasteiger partial charge < -0.3 is 10.1 Å². The number of alkyl carbamates (subject to hydrolysis) is 1. The van der Waals surface area contributed by atoms with E-state index in [1.165, 1.54) is 0 Å². The third-order valence-corrected chi connectivity index (χ3v) is 11.3. The average molecular weight is 689 g/mol. The smallest absolute Gasteiger partial charge is 0.407 e. The van der Waals surface area contributed by atoms with E-state index in [2.05, 4.69) is 79.8 Å². The maximum absolute atomic E-state index is 13.4. The van der Waals surface area contributed by atoms with E-state index in [0.717, 1.165) is 52.9 Å². The number of ether oxygens (including phenoxy) is 1. The van der Waals surface area contributed by atoms with Crippen molar-refractivity contribution in [2.45, 2.75) is 59.1 Å². The molecule has 0 bridgehead atoms. The summed E-state index contributed by atoms with van der Waals surface area (Å²) in [6.07, 6.45) is 16.1. The third-order valence-electron chi connectivity index (χ3n) is 11.3. The Bertz CT molecular complexity index is 1990. The molecule has 1 amide bonds. The highest BCUT2D eigenvalue weighted by Gasteiger charge is 2.37. The summed E-state index contributed by atoms with van der Waals surface area (Å²) >= 11 is 0. The Morgan fingerprint density at radius 1 is 0.750 bits per heavy atom. The summed E-state index contributed by atoms with van der Waals surface area (Å²) in [4.78, 5) is 22.7. The molecule has 2 aromatic carbocycles. The van der Waals surface area contributed by atoms with Crippen LogP contribution < -0.4 is 5.32 Å². The summed E-state index contributed by atoms with van der Waals surface area (Å²) in [5.74, 6) is 1.96. The number of aromatic nitrogens is 2. The number of benzene rings is 2. The zero-order valence-corrected chi connectivity index (χ0v) is 30.3. The van der Waals surface area contributed by atoms with Crippen LogP contribution in [0, 0.1) is 64.6 Å². The first kappa shape index (κ1) is 36.3. The van der Waals surface area contributed by atoms with Crippen molar-refractivity contribution in [2.75, 3.05) is 0 Å². The molecule has 2 fully saturated rings. The van der Waals surface area contributed by atoms with Crippen LogP contribution in [0.2, 0.25) is 0 Å². The summed E-state index contributed by atoms with van der Waals surface area (Å²) in [6.45, 7) is 9.01. The van der Waals surface area contributed by atoms with Gasteiger partial charge in [-0.1, -0.05) is 88.4 Å². The first-order valence-corrected chi connectivity index (χ1v) is 18.3. The number of allylic oxidation sites excluding steroid dienone is 1. The number of amides is 1. The van der Waals surface area contributed by atoms with Crippen molar-refractivity contribution >= 4 is 18.2 Å². The molecule has 4 aromatic rings. The molecule has 2 aromatic heterocycles. The van der Waals surface area contributed by atoms with Gasteiger partial charge in [-0.2, -0.15) is 10.5 Å². The molecule has 0 aliphatic heterocycles. The lowest BCUT2D eigenvalue weighted by Gasteiger charge is -2.40. The molecule has 2 saturated carbocycles. The van der Waals surface area contributed by atoms with Crippen LogP contribution in [0.15, 0.2) is 97.3 Å². The van der Waals surface area contributed by atoms with E-state index in [1.807, 2.05) is 85.1 Å². The normalized spacial score (nSPS) is 26.0. The molecule has 2 aliphatic carbocycles. The lowest BCUT2D eigenvalue weighted by atomic mass is 9.71. The first-order chi connectivity index (χ1) is 25.2. The van der Waals surface area contributed by atoms with Crippen LogP contribution in [-0.4, -0.2) is 28.2 Å². The lowest BCUT2D eigenvalue weighted by molar-refractivity contribution is 0.0425. The fourth-order valence-electron chi connectivity index (χ4n) is 7.65. The van der Waals surface area contributed by atoms with Gasteiger partial charge in [0.05, 0.1) is 34.7 Å². The second-order valence-corrected chi connectivity index (χ2v) is 14.5. The molecule has 7 nitrogen and oxygen atoms in total. The molecular weight excluding hydrogens is 643 g/mol. The highest BCUT2D eigenvalue weighted by atomic mass is 16.6. The molecule has 6 rings (SSSR count). The molecule has 0 saturated heterocycles. The Kier molecular flexibility index (Phi) is 11.6. The minimum Gasteiger partial charge on any atom is -0.445 e. The summed E-state index contributed by atoms with van der Waals surface area (Å²) in [5, 5.41) is 22.2. The number of carbonyl (C=O) groups is 1. The van der Waals surface area contributed by atoms with Crippen molar-refractivity contribution in [1.82, 2.24) is 15.3 Å². The zero-order chi connectivity index (χ0) is 36.6. The number of hydrogen-bond donors (Lipinski definition) is 1. The topological polar surface area (TPSA) is 112 Å². The Morgan fingerprint density at radius 3 is 1.88 bits per heavy atom. The van der Waals surface area contributed by atoms with Gasteiger partial charge in [0.1, 0.15) is 6.10 Å². The number of nitrogens with zero attached hydrogens (tertiary/aromatic N) is 4. The van der Waals surface area contributed by atoms with Gasteiger partial charge in [-0.25, -0.2) is 4.79 Å². The quantitative estimate of drug-likeness (QED) is 0.197. The zero-order valence-electron chi connectivity index (χ0n) is 30.3. The lowest BCUT2D eigenvalue weighted by Crippen LogP contribution is -2.46. The molecule has 2 heterocycles. The average Bonchev–Trinajstić information content (AvgIpc) is 3.17. The van der Waals surface area contributed by atoms with Gasteiger partial charge >= 0.3 is 6.09 Å². The molecule has 7 heteroatoms. The highest BCUT2D eigenvalue weighted by Crippen LogP contribution is 2.38. The molecule has 52 heavy (non-hydrogen) atoms. The molecule has 1 radical (unpaired) electrons. The van der Waals surface area contributed by atoms with E-state index in [0.29, 0.717) is 34.8 Å². The van der Waals surface area contributed by atoms with Crippen molar-refractivity contribution in [1.29, 1.82) is 10.5 Å². The predicted molar refractivity (Wildman–Crippen MR) is 206 cm³/mol. The van der Waals surface area contributed by atoms with Crippen molar-refractivity contribution in [2.24, 2.45) is 35.5 Å². The Balaban J connectivity index is 1.08. The first-order valence-electron chi connectivity index (χ1n) is 18.3. The minimum absolute atomic E-state index is 0.00831. The van der Waals surface area contributed by atoms with Crippen molar-refractivity contribution in [3.63, 3.8) is 0 Å². The number of pyridine rings is 2. The summed E-state index contributed by atoms with van der Waals surface area (Å²) < 4.78 is 6.15. The van der Waals surface area contributed by atoms with E-state index in [-0.39, 0.29) is 30.1 Å². The van der Waals surface area contributed by atoms with Crippen LogP contribution in [0.4, 0.5) is 4.79 Å². The fourth-order valence-corrected chi connectivity index (χ4v) is 7.65. The number of carbonyl (C=O) groups excluding carboxylic acids is 1. The van der Waals surface area contributed by atoms with Crippen LogP contribution in [0.5, 0.6) is 0 Å². The van der Waals surface area contributed by atoms with Gasteiger partial charge in [-0.3, -0.25) is 9.97 Å². The fraction of sp³-hybridized carbons (Fsp3) is 0.333. The number of nitriles is 2. The standard InChI is InChI=1S/C45H46N5O2/c1-29-13-22-44(41(32(29)4)21-20-39-19-16-37(28-49-39)43-12-8-6-10-35(43)26-47)52-45(51)50-40-23-30(2)31(3)33(24-40)14-17-38-18-15-36(27-48-38)42-11-7-5-9-34(42)25-46/h5-12,14-22,27-33,40-41,44H,13,23-24H2,1-4H3,(H,50,51)/b17-14+,21-20+/t29-,30-,31+,32+,33+,40?,41-,44-/m0/s1. The van der Waals surface area contributed by atoms with E-state index in [1.54, 1.807) is 6.20 Å². The maximum atomic E-state index is 13.4. The number of rotatable bonds is 8. The van der Waals surface area contributed by atoms with Gasteiger partial charge in [0.25, 0.3) is 0 Å². The predicted octanol–water partition coefficient (Wildman–Crippen LogP) is 9.92. The van der Waals surface area contributed by atoms with Crippen molar-refractivity contribution in [3.05, 3.63) is 126 Å². The van der Waals surface area contributed by atoms with Crippen molar-refractivity contribution < 1.29 is 9.53 Å². The second-order valence-electron chi connectivity index (χ2n) is 14.5. The van der Waals surface area contributed by atoms with E-state index in [4.69, 9.17) is 4.74 Å². The van der Waals surface area contributed by atoms with Crippen LogP contribution >= 0.6 is 0 Å². The Morgan fingerprint density at radius 2 is 1.33 bits per heavy atom. The van der Waals surface area contributed by atoms with Gasteiger partial charge in [-0.05, 0) is 85.3 Å². The number of nitrogens with one attached hydrogen (secondary N) is 1. The Hall–Kier alpha value is -5.53. The third kappa shape index (κ3) is 8.49. The summed E-state index contributed by atoms with van der Waals surface area (Å²) in [6, 6.07) is 27.5. The van der Waals surface area contributed by atoms with Crippen LogP contribution in [0.25, 0.3) is 34.4 Å². The molecule has 2 aliphatic rings. The van der Waals surface area contributed by atoms with Gasteiger partial charge in [0.15, 0.2) is 0 Å². The van der Waals surface area contributed by atoms with Gasteiger partial charge in [0, 0.05) is 53.0 Å². The van der Waals surface area contributed by atoms with Crippen LogP contribution in [-0.2, 0) is 4.74 Å². The largest absolute Gasteiger partial charge is 0.445 e. The summed E-state index contributed by atoms with van der Waals surface area (Å²) in [7, 11) is 0. The summed E-state index contributed by atoms with van der Waals surface area (Å²) in [5.41, 5.74) is 6.48. The molecule has 0 spiro atoms. The van der Waals surface area contributed by atoms with Gasteiger partial charge in [0.2, 0.25) is 0 Å². The molecule has 1 unspecified atom stereocenters. The van der Waals surface area contributed by atoms with E-state index < -0.39 is 0 Å². The molecular formula is C45H46N5O2. The second kappa shape index (κ2) is 16.7. The molecule has 8 atom stereocenters. The SMILES string of the molecule is C[C@H]1[C@H](/C=C/c2ccc(-c3ccccc3C#N)cn2)[C@@H](OC(=O)NC2C[C@@H](/C=C/c3ccc(-c4ccccc4C#N)cn3)[C@H](C)[C@@H](C)C2)[CH]C[C@@H]1C. The molecule has 1 N–H and O–H groups in total. The monoisotopic (exact) mass is 688 g/mol. The van der Waals surface area contributed by atoms with Crippen molar-refractivity contribution in [3.8, 4) is 34.4 Å². The van der Waals surface area contributed by atoms with Crippen LogP contribution in [0.1, 0.15) is 69.5 Å². The highest BCUT2D eigenvalue weighted by molar-refractivity contribution is 5.71. The maximum Gasteiger partial charge on any atom is 0.407 e. The van der Waals surface area contributed by atoms with E-state index >= 15 is 0 Å². The molecule has 263 valence electrons. The number of hydrogen-bond acceptors (Lipinski definition) is 6. The van der Waals surface area contributed by atoms with Crippen LogP contribution in [0.3, 0.4) is 0 Å². The minimum atomic E-state index is -0.371. The Labute approximate surface area is 308 Å². The van der Waals surface area contributed by atoms with E-state index in [9.17, 15) is 15.3 Å².